The summed E-state index contributed by atoms with van der Waals surface area (Å²) < 4.78 is 27.7. The second-order valence-corrected chi connectivity index (χ2v) is 8.62. The molecule has 1 saturated heterocycles. The molecule has 0 bridgehead atoms. The van der Waals surface area contributed by atoms with Gasteiger partial charge in [0.25, 0.3) is 0 Å². The van der Waals surface area contributed by atoms with E-state index in [4.69, 9.17) is 0 Å². The Hall–Kier alpha value is -1.41. The zero-order valence-corrected chi connectivity index (χ0v) is 15.5. The number of halogens is 1. The van der Waals surface area contributed by atoms with Crippen molar-refractivity contribution in [3.05, 3.63) is 58.6 Å². The molecule has 0 aliphatic carbocycles. The molecule has 0 spiro atoms. The molecule has 0 unspecified atom stereocenters. The number of piperazine rings is 1. The van der Waals surface area contributed by atoms with E-state index in [9.17, 15) is 13.5 Å². The topological polar surface area (TPSA) is 60.9 Å². The third-order valence-corrected chi connectivity index (χ3v) is 6.55. The molecule has 0 aromatic heterocycles. The Morgan fingerprint density at radius 3 is 2.33 bits per heavy atom. The van der Waals surface area contributed by atoms with Crippen molar-refractivity contribution in [1.82, 2.24) is 9.21 Å². The van der Waals surface area contributed by atoms with Crippen LogP contribution < -0.4 is 0 Å². The Balaban J connectivity index is 1.65. The number of hydrogen-bond acceptors (Lipinski definition) is 4. The fraction of sp³-hybridized carbons (Fsp3) is 0.294. The fourth-order valence-electron chi connectivity index (χ4n) is 2.79. The lowest BCUT2D eigenvalue weighted by molar-refractivity contribution is 0.180. The van der Waals surface area contributed by atoms with Crippen molar-refractivity contribution in [3.63, 3.8) is 0 Å². The number of phenolic OH excluding ortho intramolecular Hbond substituents is 1. The summed E-state index contributed by atoms with van der Waals surface area (Å²) in [7, 11) is -3.42. The molecule has 1 heterocycles. The van der Waals surface area contributed by atoms with E-state index in [0.717, 1.165) is 10.0 Å². The van der Waals surface area contributed by atoms with Crippen LogP contribution in [0.3, 0.4) is 0 Å². The van der Waals surface area contributed by atoms with Crippen LogP contribution in [0.25, 0.3) is 0 Å². The van der Waals surface area contributed by atoms with E-state index >= 15 is 0 Å². The lowest BCUT2D eigenvalue weighted by atomic mass is 10.2. The van der Waals surface area contributed by atoms with Gasteiger partial charge in [0.05, 0.1) is 4.90 Å². The maximum absolute atomic E-state index is 12.6. The van der Waals surface area contributed by atoms with E-state index in [1.54, 1.807) is 42.5 Å². The molecular formula is C17H19BrN2O3S. The van der Waals surface area contributed by atoms with Gasteiger partial charge in [0, 0.05) is 42.8 Å². The van der Waals surface area contributed by atoms with Crippen LogP contribution in [-0.2, 0) is 16.6 Å². The van der Waals surface area contributed by atoms with Crippen LogP contribution in [0.5, 0.6) is 5.75 Å². The van der Waals surface area contributed by atoms with Gasteiger partial charge in [-0.15, -0.1) is 0 Å². The highest BCUT2D eigenvalue weighted by Crippen LogP contribution is 2.24. The monoisotopic (exact) mass is 410 g/mol. The van der Waals surface area contributed by atoms with Crippen molar-refractivity contribution in [2.45, 2.75) is 11.4 Å². The van der Waals surface area contributed by atoms with Gasteiger partial charge in [0.15, 0.2) is 0 Å². The molecule has 1 fully saturated rings. The van der Waals surface area contributed by atoms with E-state index in [1.165, 1.54) is 4.31 Å². The first-order valence-corrected chi connectivity index (χ1v) is 9.95. The maximum Gasteiger partial charge on any atom is 0.243 e. The molecule has 3 rings (SSSR count). The van der Waals surface area contributed by atoms with Gasteiger partial charge in [-0.05, 0) is 30.3 Å². The van der Waals surface area contributed by atoms with Crippen LogP contribution in [0.2, 0.25) is 0 Å². The smallest absolute Gasteiger partial charge is 0.243 e. The molecular weight excluding hydrogens is 392 g/mol. The van der Waals surface area contributed by atoms with Crippen molar-refractivity contribution < 1.29 is 13.5 Å². The van der Waals surface area contributed by atoms with Crippen molar-refractivity contribution in [2.75, 3.05) is 26.2 Å². The fourth-order valence-corrected chi connectivity index (χ4v) is 4.64. The average molecular weight is 411 g/mol. The normalized spacial score (nSPS) is 17.0. The number of sulfonamides is 1. The number of nitrogens with zero attached hydrogens (tertiary/aromatic N) is 2. The molecule has 7 heteroatoms. The lowest BCUT2D eigenvalue weighted by Crippen LogP contribution is -2.48. The highest BCUT2D eigenvalue weighted by molar-refractivity contribution is 9.10. The summed E-state index contributed by atoms with van der Waals surface area (Å²) in [6, 6.07) is 13.9. The predicted molar refractivity (Wildman–Crippen MR) is 96.3 cm³/mol. The molecule has 0 atom stereocenters. The zero-order valence-electron chi connectivity index (χ0n) is 13.1. The molecule has 128 valence electrons. The van der Waals surface area contributed by atoms with Gasteiger partial charge in [0.1, 0.15) is 5.75 Å². The van der Waals surface area contributed by atoms with Crippen LogP contribution in [0.15, 0.2) is 57.9 Å². The highest BCUT2D eigenvalue weighted by Gasteiger charge is 2.28. The Bertz CT molecular complexity index is 804. The molecule has 1 N–H and O–H groups in total. The summed E-state index contributed by atoms with van der Waals surface area (Å²) in [5.74, 6) is 0.262. The quantitative estimate of drug-likeness (QED) is 0.841. The van der Waals surface area contributed by atoms with Gasteiger partial charge >= 0.3 is 0 Å². The van der Waals surface area contributed by atoms with Gasteiger partial charge < -0.3 is 5.11 Å². The minimum Gasteiger partial charge on any atom is -0.508 e. The summed E-state index contributed by atoms with van der Waals surface area (Å²) in [5.41, 5.74) is 0.837. The van der Waals surface area contributed by atoms with E-state index in [-0.39, 0.29) is 5.75 Å². The lowest BCUT2D eigenvalue weighted by Gasteiger charge is -2.34. The molecule has 1 aliphatic rings. The van der Waals surface area contributed by atoms with Crippen LogP contribution in [0.4, 0.5) is 0 Å². The number of hydrogen-bond donors (Lipinski definition) is 1. The maximum atomic E-state index is 12.6. The van der Waals surface area contributed by atoms with Gasteiger partial charge in [-0.25, -0.2) is 8.42 Å². The summed E-state index contributed by atoms with van der Waals surface area (Å²) >= 11 is 3.41. The molecule has 0 amide bonds. The van der Waals surface area contributed by atoms with E-state index < -0.39 is 10.0 Å². The largest absolute Gasteiger partial charge is 0.508 e. The number of phenols is 1. The molecule has 2 aromatic rings. The molecule has 1 aliphatic heterocycles. The Morgan fingerprint density at radius 2 is 1.67 bits per heavy atom. The van der Waals surface area contributed by atoms with Crippen LogP contribution >= 0.6 is 15.9 Å². The average Bonchev–Trinajstić information content (AvgIpc) is 2.59. The molecule has 0 saturated carbocycles. The van der Waals surface area contributed by atoms with Gasteiger partial charge in [0.2, 0.25) is 10.0 Å². The standard InChI is InChI=1S/C17H19BrN2O3S/c18-15-6-7-17(21)14(12-15)13-19-8-10-20(11-9-19)24(22,23)16-4-2-1-3-5-16/h1-7,12,21H,8-11,13H2. The molecule has 24 heavy (non-hydrogen) atoms. The number of rotatable bonds is 4. The van der Waals surface area contributed by atoms with Crippen LogP contribution in [-0.4, -0.2) is 48.9 Å². The van der Waals surface area contributed by atoms with Crippen molar-refractivity contribution >= 4 is 26.0 Å². The summed E-state index contributed by atoms with van der Waals surface area (Å²) in [4.78, 5) is 2.49. The van der Waals surface area contributed by atoms with E-state index in [2.05, 4.69) is 20.8 Å². The third-order valence-electron chi connectivity index (χ3n) is 4.15. The number of benzene rings is 2. The zero-order chi connectivity index (χ0) is 17.2. The Kier molecular flexibility index (Phi) is 5.24. The second-order valence-electron chi connectivity index (χ2n) is 5.77. The molecule has 5 nitrogen and oxygen atoms in total. The van der Waals surface area contributed by atoms with Crippen molar-refractivity contribution in [1.29, 1.82) is 0 Å². The summed E-state index contributed by atoms with van der Waals surface area (Å²) in [5, 5.41) is 9.94. The molecule has 0 radical (unpaired) electrons. The minimum absolute atomic E-state index is 0.262. The van der Waals surface area contributed by atoms with Crippen molar-refractivity contribution in [3.8, 4) is 5.75 Å². The first-order chi connectivity index (χ1) is 11.5. The SMILES string of the molecule is O=S(=O)(c1ccccc1)N1CCN(Cc2cc(Br)ccc2O)CC1. The first-order valence-electron chi connectivity index (χ1n) is 7.72. The van der Waals surface area contributed by atoms with E-state index in [0.29, 0.717) is 37.6 Å². The van der Waals surface area contributed by atoms with Crippen LogP contribution in [0, 0.1) is 0 Å². The third kappa shape index (κ3) is 3.80. The summed E-state index contributed by atoms with van der Waals surface area (Å²) in [6.45, 7) is 2.78. The predicted octanol–water partition coefficient (Wildman–Crippen LogP) is 2.66. The molecule has 2 aromatic carbocycles. The van der Waals surface area contributed by atoms with Gasteiger partial charge in [-0.1, -0.05) is 34.1 Å². The van der Waals surface area contributed by atoms with Crippen LogP contribution in [0.1, 0.15) is 5.56 Å². The van der Waals surface area contributed by atoms with E-state index in [1.807, 2.05) is 6.07 Å². The van der Waals surface area contributed by atoms with Gasteiger partial charge in [-0.3, -0.25) is 4.90 Å². The Morgan fingerprint density at radius 1 is 1.00 bits per heavy atom. The number of aromatic hydroxyl groups is 1. The minimum atomic E-state index is -3.42. The Labute approximate surface area is 150 Å². The van der Waals surface area contributed by atoms with Gasteiger partial charge in [-0.2, -0.15) is 4.31 Å². The van der Waals surface area contributed by atoms with Crippen molar-refractivity contribution in [2.24, 2.45) is 0 Å². The summed E-state index contributed by atoms with van der Waals surface area (Å²) in [6.07, 6.45) is 0. The second kappa shape index (κ2) is 7.23. The highest BCUT2D eigenvalue weighted by atomic mass is 79.9. The first kappa shape index (κ1) is 17.4.